The summed E-state index contributed by atoms with van der Waals surface area (Å²) in [4.78, 5) is 17.3. The van der Waals surface area contributed by atoms with E-state index in [1.165, 1.54) is 43.6 Å². The number of anilines is 1. The molecule has 5 nitrogen and oxygen atoms in total. The number of nitrogens with one attached hydrogen (secondary N) is 1. The Kier molecular flexibility index (Phi) is 3.81. The first-order valence-corrected chi connectivity index (χ1v) is 8.67. The molecule has 0 aromatic carbocycles. The van der Waals surface area contributed by atoms with Crippen molar-refractivity contribution in [2.24, 2.45) is 0 Å². The summed E-state index contributed by atoms with van der Waals surface area (Å²) < 4.78 is 0. The zero-order chi connectivity index (χ0) is 15.7. The molecule has 0 aliphatic carbocycles. The number of aryl methyl sites for hydroxylation is 1. The molecule has 2 aliphatic rings. The van der Waals surface area contributed by atoms with Crippen LogP contribution in [0.4, 0.5) is 5.82 Å². The summed E-state index contributed by atoms with van der Waals surface area (Å²) in [5.74, 6) is 1.12. The van der Waals surface area contributed by atoms with Gasteiger partial charge in [0.1, 0.15) is 5.82 Å². The predicted molar refractivity (Wildman–Crippen MR) is 91.4 cm³/mol. The van der Waals surface area contributed by atoms with E-state index in [2.05, 4.69) is 43.8 Å². The Labute approximate surface area is 137 Å². The van der Waals surface area contributed by atoms with E-state index in [0.29, 0.717) is 5.54 Å². The Hall–Kier alpha value is -1.88. The number of likely N-dealkylation sites (tertiary alicyclic amines) is 1. The van der Waals surface area contributed by atoms with Crippen molar-refractivity contribution in [3.8, 4) is 0 Å². The number of aromatic nitrogens is 3. The fourth-order valence-corrected chi connectivity index (χ4v) is 4.23. The van der Waals surface area contributed by atoms with Crippen molar-refractivity contribution in [3.05, 3.63) is 42.1 Å². The van der Waals surface area contributed by atoms with Crippen LogP contribution in [0.3, 0.4) is 0 Å². The number of H-pyrrole nitrogens is 1. The van der Waals surface area contributed by atoms with Gasteiger partial charge in [0, 0.05) is 37.1 Å². The molecule has 2 saturated heterocycles. The fraction of sp³-hybridized carbons (Fsp3) is 0.556. The normalized spacial score (nSPS) is 21.2. The summed E-state index contributed by atoms with van der Waals surface area (Å²) in [5.41, 5.74) is 2.79. The van der Waals surface area contributed by atoms with Crippen molar-refractivity contribution in [1.82, 2.24) is 19.9 Å². The molecular formula is C18H25N5. The lowest BCUT2D eigenvalue weighted by Crippen LogP contribution is -2.52. The van der Waals surface area contributed by atoms with Gasteiger partial charge in [-0.05, 0) is 51.3 Å². The van der Waals surface area contributed by atoms with E-state index in [1.807, 2.05) is 18.6 Å². The van der Waals surface area contributed by atoms with Gasteiger partial charge < -0.3 is 9.88 Å². The van der Waals surface area contributed by atoms with Gasteiger partial charge >= 0.3 is 0 Å². The number of rotatable bonds is 3. The van der Waals surface area contributed by atoms with Crippen molar-refractivity contribution in [2.45, 2.75) is 44.7 Å². The maximum atomic E-state index is 4.51. The molecule has 1 N–H and O–H groups in total. The minimum absolute atomic E-state index is 0.372. The largest absolute Gasteiger partial charge is 0.356 e. The lowest BCUT2D eigenvalue weighted by atomic mass is 9.85. The molecule has 0 radical (unpaired) electrons. The number of aromatic amines is 1. The smallest absolute Gasteiger partial charge is 0.128 e. The second-order valence-electron chi connectivity index (χ2n) is 6.90. The molecule has 0 bridgehead atoms. The van der Waals surface area contributed by atoms with Crippen LogP contribution in [-0.4, -0.2) is 45.0 Å². The lowest BCUT2D eigenvalue weighted by molar-refractivity contribution is 0.0982. The van der Waals surface area contributed by atoms with E-state index in [0.717, 1.165) is 25.5 Å². The van der Waals surface area contributed by atoms with Crippen LogP contribution >= 0.6 is 0 Å². The average Bonchev–Trinajstić information content (AvgIpc) is 3.17. The van der Waals surface area contributed by atoms with Crippen molar-refractivity contribution in [3.63, 3.8) is 0 Å². The Morgan fingerprint density at radius 3 is 2.70 bits per heavy atom. The van der Waals surface area contributed by atoms with Crippen LogP contribution in [0.5, 0.6) is 0 Å². The van der Waals surface area contributed by atoms with E-state index in [-0.39, 0.29) is 0 Å². The van der Waals surface area contributed by atoms with Crippen molar-refractivity contribution in [2.75, 3.05) is 24.5 Å². The quantitative estimate of drug-likeness (QED) is 0.947. The summed E-state index contributed by atoms with van der Waals surface area (Å²) in [5, 5.41) is 0. The first-order chi connectivity index (χ1) is 11.3. The molecule has 122 valence electrons. The van der Waals surface area contributed by atoms with Crippen LogP contribution in [-0.2, 0) is 6.54 Å². The summed E-state index contributed by atoms with van der Waals surface area (Å²) >= 11 is 0. The highest BCUT2D eigenvalue weighted by Crippen LogP contribution is 2.40. The van der Waals surface area contributed by atoms with Gasteiger partial charge in [0.15, 0.2) is 0 Å². The van der Waals surface area contributed by atoms with Gasteiger partial charge in [0.25, 0.3) is 0 Å². The highest BCUT2D eigenvalue weighted by atomic mass is 15.3. The third-order valence-corrected chi connectivity index (χ3v) is 5.68. The summed E-state index contributed by atoms with van der Waals surface area (Å²) in [6.45, 7) is 6.52. The topological polar surface area (TPSA) is 48.1 Å². The van der Waals surface area contributed by atoms with Gasteiger partial charge in [-0.1, -0.05) is 6.07 Å². The monoisotopic (exact) mass is 311 g/mol. The van der Waals surface area contributed by atoms with Crippen LogP contribution < -0.4 is 4.90 Å². The van der Waals surface area contributed by atoms with Crippen molar-refractivity contribution in [1.29, 1.82) is 0 Å². The van der Waals surface area contributed by atoms with Gasteiger partial charge in [-0.25, -0.2) is 9.97 Å². The molecule has 2 aliphatic heterocycles. The maximum absolute atomic E-state index is 4.51. The maximum Gasteiger partial charge on any atom is 0.128 e. The Bertz CT molecular complexity index is 642. The number of hydrogen-bond donors (Lipinski definition) is 1. The number of nitrogens with zero attached hydrogens (tertiary/aromatic N) is 4. The van der Waals surface area contributed by atoms with Crippen molar-refractivity contribution < 1.29 is 0 Å². The fourth-order valence-electron chi connectivity index (χ4n) is 4.23. The van der Waals surface area contributed by atoms with Crippen LogP contribution in [0.25, 0.3) is 0 Å². The first-order valence-electron chi connectivity index (χ1n) is 8.67. The molecule has 2 aromatic rings. The van der Waals surface area contributed by atoms with Crippen LogP contribution in [0.2, 0.25) is 0 Å². The molecule has 2 aromatic heterocycles. The van der Waals surface area contributed by atoms with E-state index < -0.39 is 0 Å². The summed E-state index contributed by atoms with van der Waals surface area (Å²) in [6, 6.07) is 6.19. The summed E-state index contributed by atoms with van der Waals surface area (Å²) in [6.07, 6.45) is 8.80. The molecule has 1 spiro atoms. The van der Waals surface area contributed by atoms with Gasteiger partial charge in [-0.3, -0.25) is 4.90 Å². The molecule has 23 heavy (non-hydrogen) atoms. The molecule has 4 heterocycles. The Balaban J connectivity index is 1.45. The second-order valence-corrected chi connectivity index (χ2v) is 6.90. The van der Waals surface area contributed by atoms with Crippen LogP contribution in [0.1, 0.15) is 37.1 Å². The molecule has 0 saturated carbocycles. The third-order valence-electron chi connectivity index (χ3n) is 5.68. The van der Waals surface area contributed by atoms with Crippen LogP contribution in [0.15, 0.2) is 30.7 Å². The molecule has 0 atom stereocenters. The van der Waals surface area contributed by atoms with Crippen LogP contribution in [0, 0.1) is 6.92 Å². The zero-order valence-corrected chi connectivity index (χ0v) is 13.8. The van der Waals surface area contributed by atoms with Gasteiger partial charge in [-0.15, -0.1) is 0 Å². The molecule has 0 unspecified atom stereocenters. The highest BCUT2D eigenvalue weighted by molar-refractivity contribution is 5.38. The zero-order valence-electron chi connectivity index (χ0n) is 13.8. The van der Waals surface area contributed by atoms with E-state index in [4.69, 9.17) is 0 Å². The van der Waals surface area contributed by atoms with Crippen molar-refractivity contribution >= 4 is 5.82 Å². The first kappa shape index (κ1) is 14.7. The summed E-state index contributed by atoms with van der Waals surface area (Å²) in [7, 11) is 0. The lowest BCUT2D eigenvalue weighted by Gasteiger charge is -2.45. The van der Waals surface area contributed by atoms with Gasteiger partial charge in [0.05, 0.1) is 12.0 Å². The highest BCUT2D eigenvalue weighted by Gasteiger charge is 2.43. The molecule has 2 fully saturated rings. The Morgan fingerprint density at radius 1 is 1.13 bits per heavy atom. The molecule has 0 amide bonds. The van der Waals surface area contributed by atoms with Gasteiger partial charge in [-0.2, -0.15) is 0 Å². The average molecular weight is 311 g/mol. The molecule has 5 heteroatoms. The number of piperidine rings is 1. The van der Waals surface area contributed by atoms with E-state index >= 15 is 0 Å². The van der Waals surface area contributed by atoms with Gasteiger partial charge in [0.2, 0.25) is 0 Å². The number of hydrogen-bond acceptors (Lipinski definition) is 4. The van der Waals surface area contributed by atoms with E-state index in [9.17, 15) is 0 Å². The Morgan fingerprint density at radius 2 is 2.00 bits per heavy atom. The predicted octanol–water partition coefficient (Wildman–Crippen LogP) is 2.75. The number of pyridine rings is 1. The second kappa shape index (κ2) is 5.96. The standard InChI is InChI=1S/C18H25N5/c1-15-16(21-14-20-15)13-23-10-4-6-18(23)7-11-22(12-8-18)17-5-2-3-9-19-17/h2-3,5,9,14H,4,6-8,10-13H2,1H3,(H,20,21). The molecular weight excluding hydrogens is 286 g/mol. The number of imidazole rings is 1. The molecule has 4 rings (SSSR count). The minimum Gasteiger partial charge on any atom is -0.356 e. The minimum atomic E-state index is 0.372. The SMILES string of the molecule is Cc1[nH]cnc1CN1CCCC12CCN(c1ccccn1)CC2. The van der Waals surface area contributed by atoms with E-state index in [1.54, 1.807) is 0 Å². The third kappa shape index (κ3) is 2.74.